The predicted octanol–water partition coefficient (Wildman–Crippen LogP) is 1.88. The average molecular weight is 155 g/mol. The molecule has 0 saturated carbocycles. The third-order valence-electron chi connectivity index (χ3n) is 1.17. The van der Waals surface area contributed by atoms with Crippen LogP contribution in [0.15, 0.2) is 22.9 Å². The molecule has 2 heterocycles. The van der Waals surface area contributed by atoms with Crippen LogP contribution in [0.5, 0.6) is 0 Å². The van der Waals surface area contributed by atoms with Gasteiger partial charge in [0, 0.05) is 6.07 Å². The Morgan fingerprint density at radius 1 is 1.50 bits per heavy atom. The Morgan fingerprint density at radius 2 is 2.40 bits per heavy atom. The first-order valence-corrected chi connectivity index (χ1v) is 3.10. The molecular formula is C6H3ClN2O. The van der Waals surface area contributed by atoms with Crippen molar-refractivity contribution in [2.75, 3.05) is 0 Å². The maximum atomic E-state index is 5.51. The van der Waals surface area contributed by atoms with Gasteiger partial charge in [-0.15, -0.1) is 0 Å². The second-order valence-electron chi connectivity index (χ2n) is 1.81. The zero-order chi connectivity index (χ0) is 6.97. The summed E-state index contributed by atoms with van der Waals surface area (Å²) in [5.74, 6) is 0. The van der Waals surface area contributed by atoms with Gasteiger partial charge in [0.2, 0.25) is 5.28 Å². The summed E-state index contributed by atoms with van der Waals surface area (Å²) in [4.78, 5) is 7.64. The molecule has 2 rings (SSSR count). The number of furan rings is 1. The van der Waals surface area contributed by atoms with E-state index in [4.69, 9.17) is 16.0 Å². The predicted molar refractivity (Wildman–Crippen MR) is 36.8 cm³/mol. The fraction of sp³-hybridized carbons (Fsp3) is 0. The monoisotopic (exact) mass is 154 g/mol. The topological polar surface area (TPSA) is 38.9 Å². The van der Waals surface area contributed by atoms with Gasteiger partial charge in [-0.2, -0.15) is 0 Å². The fourth-order valence-electron chi connectivity index (χ4n) is 0.743. The molecule has 0 fully saturated rings. The summed E-state index contributed by atoms with van der Waals surface area (Å²) in [6.45, 7) is 0. The molecule has 0 amide bonds. The van der Waals surface area contributed by atoms with Crippen molar-refractivity contribution in [2.45, 2.75) is 0 Å². The highest BCUT2D eigenvalue weighted by Crippen LogP contribution is 2.12. The van der Waals surface area contributed by atoms with Crippen LogP contribution in [0.4, 0.5) is 0 Å². The number of hydrogen-bond acceptors (Lipinski definition) is 3. The number of fused-ring (bicyclic) bond motifs is 1. The zero-order valence-electron chi connectivity index (χ0n) is 4.91. The average Bonchev–Trinajstić information content (AvgIpc) is 2.33. The quantitative estimate of drug-likeness (QED) is 0.544. The summed E-state index contributed by atoms with van der Waals surface area (Å²) >= 11 is 5.51. The van der Waals surface area contributed by atoms with Gasteiger partial charge in [0.05, 0.1) is 12.5 Å². The molecule has 10 heavy (non-hydrogen) atoms. The van der Waals surface area contributed by atoms with E-state index in [1.807, 2.05) is 0 Å². The van der Waals surface area contributed by atoms with Gasteiger partial charge in [-0.3, -0.25) is 0 Å². The van der Waals surface area contributed by atoms with Crippen molar-refractivity contribution in [1.29, 1.82) is 0 Å². The van der Waals surface area contributed by atoms with E-state index in [2.05, 4.69) is 9.97 Å². The van der Waals surface area contributed by atoms with Crippen molar-refractivity contribution in [1.82, 2.24) is 9.97 Å². The number of halogens is 1. The van der Waals surface area contributed by atoms with Gasteiger partial charge in [-0.05, 0) is 11.6 Å². The highest BCUT2D eigenvalue weighted by Gasteiger charge is 1.97. The highest BCUT2D eigenvalue weighted by atomic mass is 35.5. The van der Waals surface area contributed by atoms with Crippen LogP contribution in [0.25, 0.3) is 11.1 Å². The molecule has 0 aliphatic rings. The molecule has 0 spiro atoms. The Labute approximate surface area is 61.6 Å². The van der Waals surface area contributed by atoms with Crippen LogP contribution in [0.1, 0.15) is 0 Å². The van der Waals surface area contributed by atoms with E-state index in [-0.39, 0.29) is 5.28 Å². The minimum Gasteiger partial charge on any atom is -0.461 e. The van der Waals surface area contributed by atoms with Crippen molar-refractivity contribution < 1.29 is 4.42 Å². The summed E-state index contributed by atoms with van der Waals surface area (Å²) in [7, 11) is 0. The molecule has 0 aromatic carbocycles. The normalized spacial score (nSPS) is 10.5. The minimum absolute atomic E-state index is 0.244. The molecule has 50 valence electrons. The standard InChI is InChI=1S/C6H3ClN2O/c7-6-8-3-5-4(9-6)1-2-10-5/h1-3H. The van der Waals surface area contributed by atoms with Gasteiger partial charge < -0.3 is 4.42 Å². The molecule has 0 N–H and O–H groups in total. The van der Waals surface area contributed by atoms with Crippen molar-refractivity contribution >= 4 is 22.7 Å². The Balaban J connectivity index is 2.86. The summed E-state index contributed by atoms with van der Waals surface area (Å²) in [6.07, 6.45) is 3.10. The molecule has 4 heteroatoms. The smallest absolute Gasteiger partial charge is 0.223 e. The Kier molecular flexibility index (Phi) is 1.11. The van der Waals surface area contributed by atoms with Crippen LogP contribution in [-0.2, 0) is 0 Å². The van der Waals surface area contributed by atoms with Gasteiger partial charge >= 0.3 is 0 Å². The second kappa shape index (κ2) is 1.95. The van der Waals surface area contributed by atoms with E-state index >= 15 is 0 Å². The molecule has 0 bridgehead atoms. The zero-order valence-corrected chi connectivity index (χ0v) is 5.67. The van der Waals surface area contributed by atoms with Crippen LogP contribution in [0.3, 0.4) is 0 Å². The van der Waals surface area contributed by atoms with E-state index in [1.165, 1.54) is 0 Å². The van der Waals surface area contributed by atoms with E-state index in [1.54, 1.807) is 18.5 Å². The lowest BCUT2D eigenvalue weighted by Gasteiger charge is -1.85. The van der Waals surface area contributed by atoms with E-state index < -0.39 is 0 Å². The van der Waals surface area contributed by atoms with Gasteiger partial charge in [0.15, 0.2) is 5.58 Å². The van der Waals surface area contributed by atoms with Crippen LogP contribution < -0.4 is 0 Å². The van der Waals surface area contributed by atoms with E-state index in [0.29, 0.717) is 5.58 Å². The van der Waals surface area contributed by atoms with Crippen LogP contribution in [0, 0.1) is 0 Å². The third-order valence-corrected chi connectivity index (χ3v) is 1.36. The number of nitrogens with zero attached hydrogens (tertiary/aromatic N) is 2. The van der Waals surface area contributed by atoms with Crippen LogP contribution in [-0.4, -0.2) is 9.97 Å². The fourth-order valence-corrected chi connectivity index (χ4v) is 0.883. The molecule has 2 aromatic rings. The Morgan fingerprint density at radius 3 is 3.30 bits per heavy atom. The van der Waals surface area contributed by atoms with Crippen LogP contribution >= 0.6 is 11.6 Å². The maximum Gasteiger partial charge on any atom is 0.223 e. The Bertz CT molecular complexity index is 357. The lowest BCUT2D eigenvalue weighted by molar-refractivity contribution is 0.613. The first-order chi connectivity index (χ1) is 4.86. The first-order valence-electron chi connectivity index (χ1n) is 2.72. The molecule has 0 atom stereocenters. The summed E-state index contributed by atoms with van der Waals surface area (Å²) < 4.78 is 4.99. The van der Waals surface area contributed by atoms with E-state index in [0.717, 1.165) is 5.52 Å². The summed E-state index contributed by atoms with van der Waals surface area (Å²) in [5, 5.41) is 0.244. The van der Waals surface area contributed by atoms with Gasteiger partial charge in [0.25, 0.3) is 0 Å². The van der Waals surface area contributed by atoms with E-state index in [9.17, 15) is 0 Å². The van der Waals surface area contributed by atoms with Crippen LogP contribution in [0.2, 0.25) is 5.28 Å². The first kappa shape index (κ1) is 5.68. The molecule has 0 unspecified atom stereocenters. The largest absolute Gasteiger partial charge is 0.461 e. The summed E-state index contributed by atoms with van der Waals surface area (Å²) in [5.41, 5.74) is 1.39. The van der Waals surface area contributed by atoms with Gasteiger partial charge in [-0.1, -0.05) is 0 Å². The van der Waals surface area contributed by atoms with Crippen molar-refractivity contribution in [2.24, 2.45) is 0 Å². The molecular weight excluding hydrogens is 152 g/mol. The molecule has 2 aromatic heterocycles. The SMILES string of the molecule is Clc1ncc2occc2n1. The second-order valence-corrected chi connectivity index (χ2v) is 2.15. The lowest BCUT2D eigenvalue weighted by Crippen LogP contribution is -1.78. The molecule has 3 nitrogen and oxygen atoms in total. The van der Waals surface area contributed by atoms with Gasteiger partial charge in [0.1, 0.15) is 5.52 Å². The lowest BCUT2D eigenvalue weighted by atomic mass is 10.5. The number of aromatic nitrogens is 2. The van der Waals surface area contributed by atoms with Crippen molar-refractivity contribution in [3.8, 4) is 0 Å². The van der Waals surface area contributed by atoms with Gasteiger partial charge in [-0.25, -0.2) is 9.97 Å². The maximum absolute atomic E-state index is 5.51. The van der Waals surface area contributed by atoms with Crippen molar-refractivity contribution in [3.63, 3.8) is 0 Å². The highest BCUT2D eigenvalue weighted by molar-refractivity contribution is 6.28. The molecule has 0 aliphatic carbocycles. The number of hydrogen-bond donors (Lipinski definition) is 0. The molecule has 0 aliphatic heterocycles. The summed E-state index contributed by atoms with van der Waals surface area (Å²) in [6, 6.07) is 1.74. The van der Waals surface area contributed by atoms with Crippen molar-refractivity contribution in [3.05, 3.63) is 23.8 Å². The number of rotatable bonds is 0. The molecule has 0 saturated heterocycles. The molecule has 0 radical (unpaired) electrons. The Hall–Kier alpha value is -1.09. The minimum atomic E-state index is 0.244. The third kappa shape index (κ3) is 0.752.